The Balaban J connectivity index is 1.46. The second kappa shape index (κ2) is 7.89. The van der Waals surface area contributed by atoms with Crippen LogP contribution in [0.15, 0.2) is 48.7 Å². The Hall–Kier alpha value is -2.37. The summed E-state index contributed by atoms with van der Waals surface area (Å²) in [6.07, 6.45) is 4.18. The van der Waals surface area contributed by atoms with Gasteiger partial charge in [0.25, 0.3) is 0 Å². The average Bonchev–Trinajstić information content (AvgIpc) is 3.31. The number of nitrogens with one attached hydrogen (secondary N) is 1. The normalized spacial score (nSPS) is 17.2. The Morgan fingerprint density at radius 1 is 1.23 bits per heavy atom. The molecular weight excluding hydrogens is 326 g/mol. The van der Waals surface area contributed by atoms with Gasteiger partial charge in [0.15, 0.2) is 0 Å². The zero-order chi connectivity index (χ0) is 17.8. The fraction of sp³-hybridized carbons (Fsp3) is 0.381. The summed E-state index contributed by atoms with van der Waals surface area (Å²) in [5.74, 6) is 0.914. The molecule has 0 unspecified atom stereocenters. The molecule has 5 nitrogen and oxygen atoms in total. The van der Waals surface area contributed by atoms with E-state index in [9.17, 15) is 0 Å². The molecule has 1 aliphatic rings. The summed E-state index contributed by atoms with van der Waals surface area (Å²) in [6.45, 7) is 3.20. The molecule has 1 fully saturated rings. The molecule has 0 radical (unpaired) electrons. The van der Waals surface area contributed by atoms with E-state index >= 15 is 0 Å². The molecule has 1 N–H and O–H groups in total. The highest BCUT2D eigenvalue weighted by Crippen LogP contribution is 2.34. The number of hydrogen-bond acceptors (Lipinski definition) is 4. The summed E-state index contributed by atoms with van der Waals surface area (Å²) < 4.78 is 11.8. The summed E-state index contributed by atoms with van der Waals surface area (Å²) in [4.78, 5) is 10.3. The average molecular weight is 351 g/mol. The molecule has 0 bridgehead atoms. The van der Waals surface area contributed by atoms with Crippen LogP contribution in [0.2, 0.25) is 0 Å². The zero-order valence-corrected chi connectivity index (χ0v) is 15.1. The molecule has 5 heteroatoms. The van der Waals surface area contributed by atoms with E-state index < -0.39 is 0 Å². The first kappa shape index (κ1) is 17.1. The number of rotatable bonds is 7. The molecule has 0 aliphatic carbocycles. The molecule has 3 heterocycles. The fourth-order valence-corrected chi connectivity index (χ4v) is 3.53. The van der Waals surface area contributed by atoms with Gasteiger partial charge in [-0.1, -0.05) is 18.2 Å². The van der Waals surface area contributed by atoms with Crippen LogP contribution in [0.1, 0.15) is 30.2 Å². The Kier molecular flexibility index (Phi) is 5.18. The number of pyridine rings is 1. The van der Waals surface area contributed by atoms with Gasteiger partial charge in [-0.2, -0.15) is 0 Å². The lowest BCUT2D eigenvalue weighted by atomic mass is 10.1. The minimum atomic E-state index is 0.160. The van der Waals surface area contributed by atoms with Gasteiger partial charge in [-0.05, 0) is 49.7 Å². The van der Waals surface area contributed by atoms with Crippen LogP contribution >= 0.6 is 0 Å². The van der Waals surface area contributed by atoms with Gasteiger partial charge in [0.1, 0.15) is 18.0 Å². The maximum Gasteiger partial charge on any atom is 0.137 e. The van der Waals surface area contributed by atoms with Gasteiger partial charge < -0.3 is 14.5 Å². The molecule has 0 amide bonds. The maximum absolute atomic E-state index is 5.93. The Morgan fingerprint density at radius 2 is 2.12 bits per heavy atom. The molecular formula is C21H25N3O2. The number of fused-ring (bicyclic) bond motifs is 1. The molecule has 1 saturated heterocycles. The van der Waals surface area contributed by atoms with Crippen molar-refractivity contribution in [3.8, 4) is 5.75 Å². The highest BCUT2D eigenvalue weighted by Gasteiger charge is 2.24. The van der Waals surface area contributed by atoms with E-state index in [4.69, 9.17) is 9.47 Å². The SMILES string of the molecule is CN(CCOc1ccccc1)Cc1c([C@H]2CCCO2)[nH]c2ncccc12. The predicted octanol–water partition coefficient (Wildman–Crippen LogP) is 3.93. The second-order valence-electron chi connectivity index (χ2n) is 6.82. The fourth-order valence-electron chi connectivity index (χ4n) is 3.53. The van der Waals surface area contributed by atoms with Gasteiger partial charge in [0.2, 0.25) is 0 Å². The van der Waals surface area contributed by atoms with Gasteiger partial charge in [0.05, 0.1) is 11.8 Å². The number of aromatic amines is 1. The monoisotopic (exact) mass is 351 g/mol. The van der Waals surface area contributed by atoms with Gasteiger partial charge in [0, 0.05) is 31.3 Å². The quantitative estimate of drug-likeness (QED) is 0.701. The van der Waals surface area contributed by atoms with Crippen LogP contribution in [0.5, 0.6) is 5.75 Å². The van der Waals surface area contributed by atoms with Crippen LogP contribution in [-0.2, 0) is 11.3 Å². The van der Waals surface area contributed by atoms with E-state index in [-0.39, 0.29) is 6.10 Å². The van der Waals surface area contributed by atoms with Crippen molar-refractivity contribution in [3.05, 3.63) is 59.9 Å². The van der Waals surface area contributed by atoms with Gasteiger partial charge >= 0.3 is 0 Å². The maximum atomic E-state index is 5.93. The molecule has 1 aliphatic heterocycles. The third kappa shape index (κ3) is 3.74. The molecule has 1 atom stereocenters. The van der Waals surface area contributed by atoms with Crippen molar-refractivity contribution in [2.24, 2.45) is 0 Å². The molecule has 136 valence electrons. The van der Waals surface area contributed by atoms with Crippen molar-refractivity contribution >= 4 is 11.0 Å². The largest absolute Gasteiger partial charge is 0.492 e. The minimum absolute atomic E-state index is 0.160. The van der Waals surface area contributed by atoms with E-state index in [1.54, 1.807) is 0 Å². The molecule has 1 aromatic carbocycles. The van der Waals surface area contributed by atoms with Crippen LogP contribution in [0.3, 0.4) is 0 Å². The van der Waals surface area contributed by atoms with Gasteiger partial charge in [-0.15, -0.1) is 0 Å². The topological polar surface area (TPSA) is 50.4 Å². The van der Waals surface area contributed by atoms with E-state index in [2.05, 4.69) is 28.0 Å². The number of H-pyrrole nitrogens is 1. The molecule has 4 rings (SSSR count). The van der Waals surface area contributed by atoms with Gasteiger partial charge in [-0.25, -0.2) is 4.98 Å². The van der Waals surface area contributed by atoms with E-state index in [1.807, 2.05) is 42.6 Å². The van der Waals surface area contributed by atoms with Crippen molar-refractivity contribution in [2.75, 3.05) is 26.8 Å². The van der Waals surface area contributed by atoms with Crippen LogP contribution in [-0.4, -0.2) is 41.7 Å². The summed E-state index contributed by atoms with van der Waals surface area (Å²) in [7, 11) is 2.13. The highest BCUT2D eigenvalue weighted by atomic mass is 16.5. The number of aromatic nitrogens is 2. The lowest BCUT2D eigenvalue weighted by molar-refractivity contribution is 0.107. The number of benzene rings is 1. The zero-order valence-electron chi connectivity index (χ0n) is 15.1. The summed E-state index contributed by atoms with van der Waals surface area (Å²) in [5, 5.41) is 1.19. The lowest BCUT2D eigenvalue weighted by Gasteiger charge is -2.19. The van der Waals surface area contributed by atoms with Crippen LogP contribution in [0.4, 0.5) is 0 Å². The molecule has 2 aromatic heterocycles. The van der Waals surface area contributed by atoms with Crippen LogP contribution in [0.25, 0.3) is 11.0 Å². The number of ether oxygens (including phenoxy) is 2. The molecule has 26 heavy (non-hydrogen) atoms. The molecule has 0 saturated carbocycles. The number of hydrogen-bond donors (Lipinski definition) is 1. The molecule has 3 aromatic rings. The summed E-state index contributed by atoms with van der Waals surface area (Å²) in [5.41, 5.74) is 3.43. The first-order valence-electron chi connectivity index (χ1n) is 9.25. The number of likely N-dealkylation sites (N-methyl/N-ethyl adjacent to an activating group) is 1. The second-order valence-corrected chi connectivity index (χ2v) is 6.82. The highest BCUT2D eigenvalue weighted by molar-refractivity contribution is 5.81. The van der Waals surface area contributed by atoms with Crippen LogP contribution in [0, 0.1) is 0 Å². The minimum Gasteiger partial charge on any atom is -0.492 e. The van der Waals surface area contributed by atoms with Crippen LogP contribution < -0.4 is 4.74 Å². The van der Waals surface area contributed by atoms with E-state index in [1.165, 1.54) is 16.6 Å². The van der Waals surface area contributed by atoms with Crippen molar-refractivity contribution < 1.29 is 9.47 Å². The summed E-state index contributed by atoms with van der Waals surface area (Å²) >= 11 is 0. The van der Waals surface area contributed by atoms with E-state index in [0.29, 0.717) is 6.61 Å². The lowest BCUT2D eigenvalue weighted by Crippen LogP contribution is -2.24. The summed E-state index contributed by atoms with van der Waals surface area (Å²) in [6, 6.07) is 14.1. The van der Waals surface area contributed by atoms with Crippen molar-refractivity contribution in [1.29, 1.82) is 0 Å². The first-order valence-corrected chi connectivity index (χ1v) is 9.25. The van der Waals surface area contributed by atoms with Crippen molar-refractivity contribution in [1.82, 2.24) is 14.9 Å². The third-order valence-corrected chi connectivity index (χ3v) is 4.88. The smallest absolute Gasteiger partial charge is 0.137 e. The van der Waals surface area contributed by atoms with E-state index in [0.717, 1.165) is 43.9 Å². The standard InChI is InChI=1S/C21H25N3O2/c1-24(12-14-25-16-7-3-2-4-8-16)15-18-17-9-5-11-22-21(17)23-20(18)19-10-6-13-26-19/h2-5,7-9,11,19H,6,10,12-15H2,1H3,(H,22,23)/t19-/m1/s1. The van der Waals surface area contributed by atoms with Crippen molar-refractivity contribution in [3.63, 3.8) is 0 Å². The Morgan fingerprint density at radius 3 is 2.92 bits per heavy atom. The number of para-hydroxylation sites is 1. The Bertz CT molecular complexity index is 841. The van der Waals surface area contributed by atoms with Gasteiger partial charge in [-0.3, -0.25) is 4.90 Å². The Labute approximate surface area is 153 Å². The van der Waals surface area contributed by atoms with Crippen molar-refractivity contribution in [2.45, 2.75) is 25.5 Å². The first-order chi connectivity index (χ1) is 12.8. The predicted molar refractivity (Wildman–Crippen MR) is 102 cm³/mol. The molecule has 0 spiro atoms. The number of nitrogens with zero attached hydrogens (tertiary/aromatic N) is 2. The third-order valence-electron chi connectivity index (χ3n) is 4.88.